The van der Waals surface area contributed by atoms with Crippen molar-refractivity contribution in [2.45, 2.75) is 6.42 Å². The Morgan fingerprint density at radius 3 is 3.00 bits per heavy atom. The summed E-state index contributed by atoms with van der Waals surface area (Å²) < 4.78 is 0. The number of carbonyl (C=O) groups excluding carboxylic acids is 2. The second kappa shape index (κ2) is 3.58. The van der Waals surface area contributed by atoms with Gasteiger partial charge in [-0.15, -0.1) is 0 Å². The molecular weight excluding hydrogens is 220 g/mol. The molecule has 1 aromatic heterocycles. The summed E-state index contributed by atoms with van der Waals surface area (Å²) in [6.45, 7) is 0.407. The van der Waals surface area contributed by atoms with Gasteiger partial charge in [0.1, 0.15) is 0 Å². The number of benzene rings is 1. The Kier molecular flexibility index (Phi) is 2.07. The summed E-state index contributed by atoms with van der Waals surface area (Å²) in [5.74, 6) is -0.228. The number of urea groups is 1. The van der Waals surface area contributed by atoms with E-state index in [0.717, 1.165) is 16.6 Å². The molecule has 17 heavy (non-hydrogen) atoms. The lowest BCUT2D eigenvalue weighted by molar-refractivity contribution is -0.120. The number of nitrogens with one attached hydrogen (secondary N) is 2. The first kappa shape index (κ1) is 9.83. The molecule has 2 heterocycles. The largest absolute Gasteiger partial charge is 0.328 e. The molecule has 1 fully saturated rings. The topological polar surface area (TPSA) is 78.1 Å². The van der Waals surface area contributed by atoms with Crippen LogP contribution in [0.1, 0.15) is 6.42 Å². The predicted molar refractivity (Wildman–Crippen MR) is 61.6 cm³/mol. The Hall–Kier alpha value is -2.37. The van der Waals surface area contributed by atoms with Gasteiger partial charge in [0.2, 0.25) is 5.91 Å². The van der Waals surface area contributed by atoms with Crippen molar-refractivity contribution in [1.82, 2.24) is 15.5 Å². The van der Waals surface area contributed by atoms with Crippen LogP contribution < -0.4 is 10.2 Å². The number of hydrogen-bond acceptors (Lipinski definition) is 3. The fraction of sp³-hybridized carbons (Fsp3) is 0.182. The fourth-order valence-corrected chi connectivity index (χ4v) is 1.90. The van der Waals surface area contributed by atoms with Crippen molar-refractivity contribution in [2.24, 2.45) is 0 Å². The van der Waals surface area contributed by atoms with E-state index < -0.39 is 0 Å². The Morgan fingerprint density at radius 2 is 2.18 bits per heavy atom. The van der Waals surface area contributed by atoms with Crippen LogP contribution in [0.25, 0.3) is 10.9 Å². The van der Waals surface area contributed by atoms with Gasteiger partial charge in [-0.2, -0.15) is 5.10 Å². The van der Waals surface area contributed by atoms with Gasteiger partial charge in [0, 0.05) is 24.0 Å². The van der Waals surface area contributed by atoms with E-state index in [2.05, 4.69) is 15.5 Å². The number of nitrogens with zero attached hydrogens (tertiary/aromatic N) is 2. The normalized spacial score (nSPS) is 16.4. The average Bonchev–Trinajstić information content (AvgIpc) is 2.75. The predicted octanol–water partition coefficient (Wildman–Crippen LogP) is 1.01. The van der Waals surface area contributed by atoms with E-state index in [1.807, 2.05) is 18.2 Å². The molecule has 1 aliphatic rings. The molecule has 1 saturated heterocycles. The van der Waals surface area contributed by atoms with E-state index >= 15 is 0 Å². The van der Waals surface area contributed by atoms with Gasteiger partial charge in [0.05, 0.1) is 11.7 Å². The lowest BCUT2D eigenvalue weighted by Gasteiger charge is -2.26. The van der Waals surface area contributed by atoms with Crippen LogP contribution in [0.5, 0.6) is 0 Å². The number of hydrogen-bond donors (Lipinski definition) is 2. The Morgan fingerprint density at radius 1 is 1.29 bits per heavy atom. The van der Waals surface area contributed by atoms with Gasteiger partial charge in [0.15, 0.2) is 0 Å². The van der Waals surface area contributed by atoms with Crippen LogP contribution >= 0.6 is 0 Å². The number of imide groups is 1. The Balaban J connectivity index is 1.97. The second-order valence-corrected chi connectivity index (χ2v) is 3.90. The highest BCUT2D eigenvalue weighted by Gasteiger charge is 2.24. The van der Waals surface area contributed by atoms with E-state index in [4.69, 9.17) is 0 Å². The number of aromatic amines is 1. The molecule has 2 aromatic rings. The van der Waals surface area contributed by atoms with Crippen molar-refractivity contribution in [3.63, 3.8) is 0 Å². The molecule has 0 bridgehead atoms. The SMILES string of the molecule is O=C1CCN(c2ccc3cn[nH]c3c2)C(=O)N1. The Labute approximate surface area is 96.6 Å². The van der Waals surface area contributed by atoms with Gasteiger partial charge in [-0.05, 0) is 18.2 Å². The van der Waals surface area contributed by atoms with Crippen molar-refractivity contribution >= 4 is 28.5 Å². The molecule has 1 aromatic carbocycles. The molecule has 0 unspecified atom stereocenters. The molecule has 1 aliphatic heterocycles. The van der Waals surface area contributed by atoms with Crippen LogP contribution in [-0.4, -0.2) is 28.7 Å². The summed E-state index contributed by atoms with van der Waals surface area (Å²) in [5, 5.41) is 10.0. The molecule has 3 amide bonds. The van der Waals surface area contributed by atoms with E-state index in [1.54, 1.807) is 11.1 Å². The van der Waals surface area contributed by atoms with E-state index in [9.17, 15) is 9.59 Å². The van der Waals surface area contributed by atoms with Gasteiger partial charge in [0.25, 0.3) is 0 Å². The minimum atomic E-state index is -0.375. The second-order valence-electron chi connectivity index (χ2n) is 3.90. The Bertz CT molecular complexity index is 604. The van der Waals surface area contributed by atoms with Crippen molar-refractivity contribution in [2.75, 3.05) is 11.4 Å². The van der Waals surface area contributed by atoms with E-state index in [-0.39, 0.29) is 11.9 Å². The summed E-state index contributed by atoms with van der Waals surface area (Å²) in [7, 11) is 0. The summed E-state index contributed by atoms with van der Waals surface area (Å²) >= 11 is 0. The molecule has 3 rings (SSSR count). The standard InChI is InChI=1S/C11H10N4O2/c16-10-3-4-15(11(17)13-10)8-2-1-7-6-12-14-9(7)5-8/h1-2,5-6H,3-4H2,(H,12,14)(H,13,16,17). The van der Waals surface area contributed by atoms with Crippen LogP contribution in [0.4, 0.5) is 10.5 Å². The van der Waals surface area contributed by atoms with Crippen LogP contribution in [0.3, 0.4) is 0 Å². The third-order valence-corrected chi connectivity index (χ3v) is 2.79. The molecule has 86 valence electrons. The highest BCUT2D eigenvalue weighted by molar-refractivity contribution is 6.06. The number of anilines is 1. The van der Waals surface area contributed by atoms with Gasteiger partial charge in [-0.25, -0.2) is 4.79 Å². The highest BCUT2D eigenvalue weighted by atomic mass is 16.2. The first-order chi connectivity index (χ1) is 8.24. The van der Waals surface area contributed by atoms with Crippen LogP contribution in [0, 0.1) is 0 Å². The van der Waals surface area contributed by atoms with Gasteiger partial charge >= 0.3 is 6.03 Å². The first-order valence-corrected chi connectivity index (χ1v) is 5.28. The summed E-state index contributed by atoms with van der Waals surface area (Å²) in [4.78, 5) is 24.2. The maximum atomic E-state index is 11.6. The van der Waals surface area contributed by atoms with Crippen molar-refractivity contribution in [1.29, 1.82) is 0 Å². The zero-order chi connectivity index (χ0) is 11.8. The molecule has 0 spiro atoms. The summed E-state index contributed by atoms with van der Waals surface area (Å²) in [6, 6.07) is 5.20. The van der Waals surface area contributed by atoms with Gasteiger partial charge in [-0.3, -0.25) is 20.1 Å². The maximum absolute atomic E-state index is 11.6. The third-order valence-electron chi connectivity index (χ3n) is 2.79. The monoisotopic (exact) mass is 230 g/mol. The van der Waals surface area contributed by atoms with Gasteiger partial charge < -0.3 is 0 Å². The average molecular weight is 230 g/mol. The summed E-state index contributed by atoms with van der Waals surface area (Å²) in [6.07, 6.45) is 2.05. The quantitative estimate of drug-likeness (QED) is 0.767. The number of fused-ring (bicyclic) bond motifs is 1. The van der Waals surface area contributed by atoms with Gasteiger partial charge in [-0.1, -0.05) is 0 Å². The third kappa shape index (κ3) is 1.63. The number of rotatable bonds is 1. The zero-order valence-corrected chi connectivity index (χ0v) is 8.93. The molecule has 0 radical (unpaired) electrons. The smallest absolute Gasteiger partial charge is 0.294 e. The lowest BCUT2D eigenvalue weighted by atomic mass is 10.2. The molecule has 6 heteroatoms. The molecule has 0 saturated carbocycles. The maximum Gasteiger partial charge on any atom is 0.328 e. The van der Waals surface area contributed by atoms with E-state index in [1.165, 1.54) is 0 Å². The van der Waals surface area contributed by atoms with Crippen molar-refractivity contribution < 1.29 is 9.59 Å². The van der Waals surface area contributed by atoms with Crippen LogP contribution in [0.2, 0.25) is 0 Å². The van der Waals surface area contributed by atoms with E-state index in [0.29, 0.717) is 13.0 Å². The number of carbonyl (C=O) groups is 2. The molecular formula is C11H10N4O2. The molecule has 0 atom stereocenters. The molecule has 6 nitrogen and oxygen atoms in total. The fourth-order valence-electron chi connectivity index (χ4n) is 1.90. The summed E-state index contributed by atoms with van der Waals surface area (Å²) in [5.41, 5.74) is 1.62. The number of H-pyrrole nitrogens is 1. The molecule has 2 N–H and O–H groups in total. The lowest BCUT2D eigenvalue weighted by Crippen LogP contribution is -2.49. The number of aromatic nitrogens is 2. The van der Waals surface area contributed by atoms with Crippen molar-refractivity contribution in [3.05, 3.63) is 24.4 Å². The minimum Gasteiger partial charge on any atom is -0.294 e. The minimum absolute atomic E-state index is 0.228. The van der Waals surface area contributed by atoms with Crippen LogP contribution in [0.15, 0.2) is 24.4 Å². The first-order valence-electron chi connectivity index (χ1n) is 5.28. The highest BCUT2D eigenvalue weighted by Crippen LogP contribution is 2.21. The van der Waals surface area contributed by atoms with Crippen molar-refractivity contribution in [3.8, 4) is 0 Å². The van der Waals surface area contributed by atoms with Crippen LogP contribution in [-0.2, 0) is 4.79 Å². The zero-order valence-electron chi connectivity index (χ0n) is 8.93. The molecule has 0 aliphatic carbocycles. The number of amides is 3.